The second kappa shape index (κ2) is 5.69. The lowest BCUT2D eigenvalue weighted by atomic mass is 10.2. The van der Waals surface area contributed by atoms with E-state index in [-0.39, 0.29) is 11.4 Å². The number of benzene rings is 1. The molecule has 0 fully saturated rings. The maximum atomic E-state index is 12.6. The van der Waals surface area contributed by atoms with Crippen LogP contribution >= 0.6 is 0 Å². The maximum absolute atomic E-state index is 12.6. The Hall–Kier alpha value is -2.36. The molecule has 10 heteroatoms. The van der Waals surface area contributed by atoms with Crippen molar-refractivity contribution in [1.29, 1.82) is 0 Å². The van der Waals surface area contributed by atoms with Gasteiger partial charge in [-0.2, -0.15) is 18.3 Å². The van der Waals surface area contributed by atoms with Gasteiger partial charge in [-0.3, -0.25) is 0 Å². The summed E-state index contributed by atoms with van der Waals surface area (Å²) in [5.41, 5.74) is -1.57. The molecule has 0 saturated heterocycles. The molecular formula is C13H11F3N2O4S. The van der Waals surface area contributed by atoms with Crippen molar-refractivity contribution in [2.75, 3.05) is 5.75 Å². The third-order valence-corrected chi connectivity index (χ3v) is 4.82. The molecule has 124 valence electrons. The molecule has 0 radical (unpaired) electrons. The predicted octanol–water partition coefficient (Wildman–Crippen LogP) is 2.38. The van der Waals surface area contributed by atoms with Crippen molar-refractivity contribution in [3.63, 3.8) is 0 Å². The van der Waals surface area contributed by atoms with Crippen LogP contribution in [0.15, 0.2) is 35.4 Å². The standard InChI is InChI=1S/C13H11F3N2O4S/c1-2-23(21,22)10-7-8(3-4-9(10)12(19)20)18-6-5-11(17-18)13(14,15)16/h3-7H,2H2,1H3,(H,19,20). The molecule has 0 aliphatic carbocycles. The maximum Gasteiger partial charge on any atom is 0.435 e. The van der Waals surface area contributed by atoms with Crippen LogP contribution in [0.2, 0.25) is 0 Å². The molecule has 1 aromatic heterocycles. The van der Waals surface area contributed by atoms with Gasteiger partial charge in [0.1, 0.15) is 0 Å². The SMILES string of the molecule is CCS(=O)(=O)c1cc(-n2ccc(C(F)(F)F)n2)ccc1C(=O)O. The van der Waals surface area contributed by atoms with Crippen LogP contribution in [0.1, 0.15) is 23.0 Å². The topological polar surface area (TPSA) is 89.3 Å². The summed E-state index contributed by atoms with van der Waals surface area (Å²) in [6.07, 6.45) is -3.62. The number of nitrogens with zero attached hydrogens (tertiary/aromatic N) is 2. The van der Waals surface area contributed by atoms with Gasteiger partial charge in [-0.15, -0.1) is 0 Å². The van der Waals surface area contributed by atoms with Gasteiger partial charge < -0.3 is 5.11 Å². The Morgan fingerprint density at radius 3 is 2.43 bits per heavy atom. The van der Waals surface area contributed by atoms with Gasteiger partial charge in [0.05, 0.1) is 21.9 Å². The first-order valence-corrected chi connectivity index (χ1v) is 7.95. The summed E-state index contributed by atoms with van der Waals surface area (Å²) in [5, 5.41) is 12.4. The highest BCUT2D eigenvalue weighted by Crippen LogP contribution is 2.28. The third kappa shape index (κ3) is 3.36. The Bertz CT molecular complexity index is 856. The third-order valence-electron chi connectivity index (χ3n) is 3.05. The second-order valence-corrected chi connectivity index (χ2v) is 6.78. The summed E-state index contributed by atoms with van der Waals surface area (Å²) in [5.74, 6) is -1.79. The first-order valence-electron chi connectivity index (χ1n) is 6.29. The van der Waals surface area contributed by atoms with Crippen molar-refractivity contribution in [2.24, 2.45) is 0 Å². The van der Waals surface area contributed by atoms with Crippen LogP contribution in [-0.4, -0.2) is 35.0 Å². The molecular weight excluding hydrogens is 337 g/mol. The van der Waals surface area contributed by atoms with Crippen LogP contribution in [0.25, 0.3) is 5.69 Å². The number of hydrogen-bond acceptors (Lipinski definition) is 4. The minimum atomic E-state index is -4.63. The van der Waals surface area contributed by atoms with Crippen LogP contribution in [0.3, 0.4) is 0 Å². The summed E-state index contributed by atoms with van der Waals surface area (Å²) in [4.78, 5) is 10.7. The molecule has 0 atom stereocenters. The van der Waals surface area contributed by atoms with Gasteiger partial charge in [-0.25, -0.2) is 17.9 Å². The van der Waals surface area contributed by atoms with Gasteiger partial charge in [0.2, 0.25) is 0 Å². The highest BCUT2D eigenvalue weighted by molar-refractivity contribution is 7.91. The largest absolute Gasteiger partial charge is 0.478 e. The highest BCUT2D eigenvalue weighted by Gasteiger charge is 2.33. The molecule has 1 N–H and O–H groups in total. The Labute approximate surface area is 129 Å². The molecule has 2 aromatic rings. The van der Waals surface area contributed by atoms with E-state index in [9.17, 15) is 26.4 Å². The Morgan fingerprint density at radius 1 is 1.30 bits per heavy atom. The van der Waals surface area contributed by atoms with Crippen LogP contribution in [0, 0.1) is 0 Å². The Morgan fingerprint density at radius 2 is 1.96 bits per heavy atom. The minimum Gasteiger partial charge on any atom is -0.478 e. The van der Waals surface area contributed by atoms with Crippen molar-refractivity contribution in [3.05, 3.63) is 41.7 Å². The van der Waals surface area contributed by atoms with Gasteiger partial charge in [0.25, 0.3) is 0 Å². The Kier molecular flexibility index (Phi) is 4.20. The lowest BCUT2D eigenvalue weighted by Crippen LogP contribution is -2.12. The van der Waals surface area contributed by atoms with E-state index in [4.69, 9.17) is 5.11 Å². The number of halogens is 3. The van der Waals surface area contributed by atoms with E-state index in [0.717, 1.165) is 29.1 Å². The van der Waals surface area contributed by atoms with E-state index in [1.807, 2.05) is 0 Å². The number of rotatable bonds is 4. The van der Waals surface area contributed by atoms with E-state index < -0.39 is 38.1 Å². The van der Waals surface area contributed by atoms with Gasteiger partial charge in [-0.1, -0.05) is 6.92 Å². The highest BCUT2D eigenvalue weighted by atomic mass is 32.2. The molecule has 1 aromatic carbocycles. The summed E-state index contributed by atoms with van der Waals surface area (Å²) >= 11 is 0. The molecule has 0 bridgehead atoms. The molecule has 0 amide bonds. The molecule has 2 rings (SSSR count). The van der Waals surface area contributed by atoms with Crippen molar-refractivity contribution in [1.82, 2.24) is 9.78 Å². The zero-order chi connectivity index (χ0) is 17.4. The van der Waals surface area contributed by atoms with Crippen LogP contribution < -0.4 is 0 Å². The zero-order valence-corrected chi connectivity index (χ0v) is 12.5. The van der Waals surface area contributed by atoms with Crippen LogP contribution in [-0.2, 0) is 16.0 Å². The molecule has 0 saturated carbocycles. The fourth-order valence-corrected chi connectivity index (χ4v) is 2.96. The zero-order valence-electron chi connectivity index (χ0n) is 11.7. The van der Waals surface area contributed by atoms with Crippen molar-refractivity contribution < 1.29 is 31.5 Å². The van der Waals surface area contributed by atoms with E-state index in [0.29, 0.717) is 0 Å². The number of hydrogen-bond donors (Lipinski definition) is 1. The van der Waals surface area contributed by atoms with Gasteiger partial charge >= 0.3 is 12.1 Å². The normalized spacial score (nSPS) is 12.3. The van der Waals surface area contributed by atoms with Crippen molar-refractivity contribution in [2.45, 2.75) is 18.0 Å². The van der Waals surface area contributed by atoms with Crippen molar-refractivity contribution in [3.8, 4) is 5.69 Å². The number of sulfone groups is 1. The van der Waals surface area contributed by atoms with E-state index in [1.54, 1.807) is 0 Å². The quantitative estimate of drug-likeness (QED) is 0.916. The smallest absolute Gasteiger partial charge is 0.435 e. The molecule has 6 nitrogen and oxygen atoms in total. The van der Waals surface area contributed by atoms with Gasteiger partial charge in [-0.05, 0) is 24.3 Å². The molecule has 0 aliphatic rings. The minimum absolute atomic E-state index is 0.0116. The van der Waals surface area contributed by atoms with Crippen LogP contribution in [0.5, 0.6) is 0 Å². The average Bonchev–Trinajstić information content (AvgIpc) is 2.96. The molecule has 1 heterocycles. The second-order valence-electron chi connectivity index (χ2n) is 4.53. The molecule has 0 aliphatic heterocycles. The fraction of sp³-hybridized carbons (Fsp3) is 0.231. The first kappa shape index (κ1) is 17.0. The summed E-state index contributed by atoms with van der Waals surface area (Å²) in [6, 6.07) is 3.94. The van der Waals surface area contributed by atoms with Crippen molar-refractivity contribution >= 4 is 15.8 Å². The molecule has 0 spiro atoms. The number of aromatic nitrogens is 2. The van der Waals surface area contributed by atoms with Gasteiger partial charge in [0.15, 0.2) is 15.5 Å². The average molecular weight is 348 g/mol. The summed E-state index contributed by atoms with van der Waals surface area (Å²) < 4.78 is 62.5. The van der Waals surface area contributed by atoms with Gasteiger partial charge in [0, 0.05) is 6.20 Å². The number of alkyl halides is 3. The lowest BCUT2D eigenvalue weighted by molar-refractivity contribution is -0.141. The summed E-state index contributed by atoms with van der Waals surface area (Å²) in [7, 11) is -3.87. The fourth-order valence-electron chi connectivity index (χ4n) is 1.86. The summed E-state index contributed by atoms with van der Waals surface area (Å²) in [6.45, 7) is 1.34. The first-order chi connectivity index (χ1) is 10.6. The molecule has 0 unspecified atom stereocenters. The number of carbonyl (C=O) groups is 1. The van der Waals surface area contributed by atoms with E-state index in [2.05, 4.69) is 5.10 Å². The van der Waals surface area contributed by atoms with Crippen LogP contribution in [0.4, 0.5) is 13.2 Å². The lowest BCUT2D eigenvalue weighted by Gasteiger charge is -2.09. The number of carboxylic acids is 1. The number of carboxylic acid groups (broad SMARTS) is 1. The Balaban J connectivity index is 2.60. The monoisotopic (exact) mass is 348 g/mol. The molecule has 23 heavy (non-hydrogen) atoms. The van der Waals surface area contributed by atoms with E-state index >= 15 is 0 Å². The predicted molar refractivity (Wildman–Crippen MR) is 73.3 cm³/mol. The van der Waals surface area contributed by atoms with E-state index in [1.165, 1.54) is 13.0 Å². The number of aromatic carboxylic acids is 1.